The number of aryl methyl sites for hydroxylation is 1. The third-order valence-electron chi connectivity index (χ3n) is 0.978. The molecule has 0 aliphatic heterocycles. The molecule has 3 nitrogen and oxygen atoms in total. The first-order chi connectivity index (χ1) is 4.83. The molecular weight excluding hydrogens is 148 g/mol. The Kier molecular flexibility index (Phi) is 2.39. The van der Waals surface area contributed by atoms with E-state index >= 15 is 0 Å². The Morgan fingerprint density at radius 1 is 1.90 bits per heavy atom. The minimum Gasteiger partial charge on any atom is -0.341 e. The van der Waals surface area contributed by atoms with Crippen LogP contribution in [0.15, 0.2) is 5.38 Å². The average molecular weight is 155 g/mol. The largest absolute Gasteiger partial charge is 0.341 e. The fourth-order valence-electron chi connectivity index (χ4n) is 0.596. The van der Waals surface area contributed by atoms with E-state index in [1.165, 1.54) is 11.3 Å². The van der Waals surface area contributed by atoms with Gasteiger partial charge in [-0.25, -0.2) is 4.98 Å². The van der Waals surface area contributed by atoms with Gasteiger partial charge < -0.3 is 5.32 Å². The number of nitrogens with zero attached hydrogens (tertiary/aromatic N) is 1. The topological polar surface area (TPSA) is 42.0 Å². The lowest BCUT2D eigenvalue weighted by Crippen LogP contribution is -2.09. The van der Waals surface area contributed by atoms with Crippen LogP contribution in [0.25, 0.3) is 0 Å². The van der Waals surface area contributed by atoms with Crippen LogP contribution < -0.4 is 5.32 Å². The van der Waals surface area contributed by atoms with Crippen LogP contribution in [0, 0.1) is 6.92 Å². The number of hydrogen-bond donors (Lipinski definition) is 1. The molecule has 10 heavy (non-hydrogen) atoms. The molecular formula is C6H7N2OS. The van der Waals surface area contributed by atoms with Gasteiger partial charge in [0.05, 0.1) is 6.54 Å². The fourth-order valence-corrected chi connectivity index (χ4v) is 1.31. The van der Waals surface area contributed by atoms with Crippen molar-refractivity contribution in [1.29, 1.82) is 0 Å². The Labute approximate surface area is 63.1 Å². The third kappa shape index (κ3) is 1.80. The number of amides is 1. The summed E-state index contributed by atoms with van der Waals surface area (Å²) in [5.41, 5.74) is 0.993. The highest BCUT2D eigenvalue weighted by Crippen LogP contribution is 2.07. The van der Waals surface area contributed by atoms with Gasteiger partial charge in [-0.1, -0.05) is 0 Å². The van der Waals surface area contributed by atoms with E-state index in [9.17, 15) is 4.79 Å². The Morgan fingerprint density at radius 2 is 2.70 bits per heavy atom. The van der Waals surface area contributed by atoms with Crippen molar-refractivity contribution in [1.82, 2.24) is 10.3 Å². The summed E-state index contributed by atoms with van der Waals surface area (Å²) < 4.78 is 0. The second kappa shape index (κ2) is 3.31. The van der Waals surface area contributed by atoms with E-state index in [1.807, 2.05) is 12.3 Å². The second-order valence-electron chi connectivity index (χ2n) is 1.84. The van der Waals surface area contributed by atoms with E-state index in [0.29, 0.717) is 6.54 Å². The quantitative estimate of drug-likeness (QED) is 0.650. The number of thiazole rings is 1. The molecule has 1 N–H and O–H groups in total. The smallest absolute Gasteiger partial charge is 0.309 e. The lowest BCUT2D eigenvalue weighted by atomic mass is 10.6. The van der Waals surface area contributed by atoms with Crippen LogP contribution in [0.1, 0.15) is 10.7 Å². The lowest BCUT2D eigenvalue weighted by Gasteiger charge is -1.88. The molecule has 1 aromatic heterocycles. The Bertz CT molecular complexity index is 221. The molecule has 1 rings (SSSR count). The maximum Gasteiger partial charge on any atom is 0.309 e. The summed E-state index contributed by atoms with van der Waals surface area (Å²) >= 11 is 1.54. The molecule has 0 spiro atoms. The highest BCUT2D eigenvalue weighted by atomic mass is 32.1. The van der Waals surface area contributed by atoms with Gasteiger partial charge in [-0.05, 0) is 6.92 Å². The molecule has 0 aliphatic carbocycles. The van der Waals surface area contributed by atoms with Crippen LogP contribution >= 0.6 is 11.3 Å². The molecule has 0 saturated heterocycles. The molecule has 1 amide bonds. The summed E-state index contributed by atoms with van der Waals surface area (Å²) in [6.45, 7) is 2.41. The van der Waals surface area contributed by atoms with Gasteiger partial charge >= 0.3 is 6.41 Å². The van der Waals surface area contributed by atoms with Crippen molar-refractivity contribution in [2.45, 2.75) is 13.5 Å². The Hall–Kier alpha value is -0.900. The molecule has 4 heteroatoms. The predicted octanol–water partition coefficient (Wildman–Crippen LogP) is 0.608. The van der Waals surface area contributed by atoms with Gasteiger partial charge in [0.1, 0.15) is 5.01 Å². The molecule has 1 heterocycles. The molecule has 0 unspecified atom stereocenters. The molecule has 0 saturated carbocycles. The minimum atomic E-state index is 0.488. The van der Waals surface area contributed by atoms with Crippen LogP contribution in [0.2, 0.25) is 0 Å². The molecule has 1 aromatic rings. The van der Waals surface area contributed by atoms with Crippen LogP contribution in [-0.2, 0) is 11.3 Å². The second-order valence-corrected chi connectivity index (χ2v) is 2.78. The van der Waals surface area contributed by atoms with E-state index in [4.69, 9.17) is 0 Å². The first kappa shape index (κ1) is 7.21. The van der Waals surface area contributed by atoms with Gasteiger partial charge in [-0.3, -0.25) is 4.79 Å². The summed E-state index contributed by atoms with van der Waals surface area (Å²) in [6, 6.07) is 0. The van der Waals surface area contributed by atoms with E-state index in [2.05, 4.69) is 10.3 Å². The monoisotopic (exact) mass is 155 g/mol. The highest BCUT2D eigenvalue weighted by molar-refractivity contribution is 7.09. The zero-order chi connectivity index (χ0) is 7.40. The Morgan fingerprint density at radius 3 is 3.20 bits per heavy atom. The van der Waals surface area contributed by atoms with Crippen LogP contribution in [-0.4, -0.2) is 11.4 Å². The van der Waals surface area contributed by atoms with Crippen molar-refractivity contribution in [2.75, 3.05) is 0 Å². The van der Waals surface area contributed by atoms with Crippen molar-refractivity contribution in [3.8, 4) is 0 Å². The summed E-state index contributed by atoms with van der Waals surface area (Å²) in [5.74, 6) is 0. The highest BCUT2D eigenvalue weighted by Gasteiger charge is 1.95. The zero-order valence-corrected chi connectivity index (χ0v) is 6.36. The molecule has 53 valence electrons. The summed E-state index contributed by atoms with van der Waals surface area (Å²) in [4.78, 5) is 13.9. The van der Waals surface area contributed by atoms with Gasteiger partial charge in [0.2, 0.25) is 0 Å². The standard InChI is InChI=1S/C6H7N2OS/c1-5-3-10-6(8-5)2-7-4-9/h3H,2H2,1H3,(H,7,9). The third-order valence-corrected chi connectivity index (χ3v) is 1.95. The summed E-state index contributed by atoms with van der Waals surface area (Å²) in [5, 5.41) is 5.28. The number of aromatic nitrogens is 1. The Balaban J connectivity index is 2.49. The van der Waals surface area contributed by atoms with Gasteiger partial charge in [-0.15, -0.1) is 11.3 Å². The number of rotatable bonds is 3. The first-order valence-electron chi connectivity index (χ1n) is 2.84. The summed E-state index contributed by atoms with van der Waals surface area (Å²) in [6.07, 6.45) is 1.59. The lowest BCUT2D eigenvalue weighted by molar-refractivity contribution is 0.541. The molecule has 1 radical (unpaired) electrons. The molecule has 0 atom stereocenters. The SMILES string of the molecule is Cc1csc(CN[C]=O)n1. The van der Waals surface area contributed by atoms with Crippen LogP contribution in [0.5, 0.6) is 0 Å². The molecule has 0 fully saturated rings. The first-order valence-corrected chi connectivity index (χ1v) is 3.72. The van der Waals surface area contributed by atoms with E-state index in [0.717, 1.165) is 10.7 Å². The number of carbonyl (C=O) groups excluding carboxylic acids is 1. The van der Waals surface area contributed by atoms with Crippen LogP contribution in [0.3, 0.4) is 0 Å². The fraction of sp³-hybridized carbons (Fsp3) is 0.333. The van der Waals surface area contributed by atoms with Crippen molar-refractivity contribution in [3.05, 3.63) is 16.1 Å². The predicted molar refractivity (Wildman–Crippen MR) is 39.4 cm³/mol. The average Bonchev–Trinajstić information content (AvgIpc) is 2.31. The maximum absolute atomic E-state index is 9.73. The van der Waals surface area contributed by atoms with Crippen molar-refractivity contribution in [3.63, 3.8) is 0 Å². The number of nitrogens with one attached hydrogen (secondary N) is 1. The van der Waals surface area contributed by atoms with Gasteiger partial charge in [-0.2, -0.15) is 0 Å². The van der Waals surface area contributed by atoms with E-state index < -0.39 is 0 Å². The van der Waals surface area contributed by atoms with Crippen molar-refractivity contribution < 1.29 is 4.79 Å². The minimum absolute atomic E-state index is 0.488. The van der Waals surface area contributed by atoms with Gasteiger partial charge in [0.15, 0.2) is 0 Å². The van der Waals surface area contributed by atoms with Crippen molar-refractivity contribution >= 4 is 17.7 Å². The van der Waals surface area contributed by atoms with Crippen LogP contribution in [0.4, 0.5) is 0 Å². The molecule has 0 bridgehead atoms. The normalized spacial score (nSPS) is 9.30. The van der Waals surface area contributed by atoms with Gasteiger partial charge in [0, 0.05) is 11.1 Å². The van der Waals surface area contributed by atoms with E-state index in [-0.39, 0.29) is 0 Å². The van der Waals surface area contributed by atoms with Crippen molar-refractivity contribution in [2.24, 2.45) is 0 Å². The maximum atomic E-state index is 9.73. The number of hydrogen-bond acceptors (Lipinski definition) is 3. The zero-order valence-electron chi connectivity index (χ0n) is 5.55. The summed E-state index contributed by atoms with van der Waals surface area (Å²) in [7, 11) is 0. The van der Waals surface area contributed by atoms with Gasteiger partial charge in [0.25, 0.3) is 0 Å². The molecule has 0 aromatic carbocycles. The molecule has 0 aliphatic rings. The van der Waals surface area contributed by atoms with E-state index in [1.54, 1.807) is 6.41 Å².